The summed E-state index contributed by atoms with van der Waals surface area (Å²) in [6.45, 7) is 10.1. The van der Waals surface area contributed by atoms with Crippen molar-refractivity contribution in [2.45, 2.75) is 58.4 Å². The van der Waals surface area contributed by atoms with Crippen molar-refractivity contribution in [3.8, 4) is 0 Å². The van der Waals surface area contributed by atoms with Crippen molar-refractivity contribution in [3.63, 3.8) is 0 Å². The maximum absolute atomic E-state index is 12.0. The molecule has 0 saturated carbocycles. The van der Waals surface area contributed by atoms with Crippen molar-refractivity contribution in [3.05, 3.63) is 0 Å². The first kappa shape index (κ1) is 16.8. The van der Waals surface area contributed by atoms with Gasteiger partial charge in [0.2, 0.25) is 5.91 Å². The van der Waals surface area contributed by atoms with Crippen LogP contribution in [-0.2, 0) is 4.79 Å². The summed E-state index contributed by atoms with van der Waals surface area (Å²) in [6.07, 6.45) is 7.27. The summed E-state index contributed by atoms with van der Waals surface area (Å²) in [6, 6.07) is 0.0641. The van der Waals surface area contributed by atoms with Crippen LogP contribution in [0.25, 0.3) is 0 Å². The van der Waals surface area contributed by atoms with E-state index in [0.717, 1.165) is 38.4 Å². The zero-order valence-corrected chi connectivity index (χ0v) is 13.9. The van der Waals surface area contributed by atoms with Gasteiger partial charge in [-0.15, -0.1) is 0 Å². The molecule has 0 radical (unpaired) electrons. The Kier molecular flexibility index (Phi) is 6.97. The van der Waals surface area contributed by atoms with E-state index in [2.05, 4.69) is 29.4 Å². The first-order chi connectivity index (χ1) is 10.2. The Labute approximate surface area is 130 Å². The molecule has 0 aromatic heterocycles. The maximum atomic E-state index is 12.0. The lowest BCUT2D eigenvalue weighted by atomic mass is 9.96. The van der Waals surface area contributed by atoms with Crippen molar-refractivity contribution in [2.75, 3.05) is 32.7 Å². The van der Waals surface area contributed by atoms with Crippen LogP contribution < -0.4 is 10.6 Å². The van der Waals surface area contributed by atoms with Crippen molar-refractivity contribution >= 4 is 5.91 Å². The Hall–Kier alpha value is -0.610. The zero-order chi connectivity index (χ0) is 15.1. The highest BCUT2D eigenvalue weighted by Gasteiger charge is 2.24. The molecular formula is C17H33N3O. The van der Waals surface area contributed by atoms with Crippen LogP contribution in [-0.4, -0.2) is 49.6 Å². The van der Waals surface area contributed by atoms with Gasteiger partial charge < -0.3 is 15.5 Å². The molecule has 2 saturated heterocycles. The van der Waals surface area contributed by atoms with Crippen molar-refractivity contribution in [1.82, 2.24) is 15.5 Å². The van der Waals surface area contributed by atoms with Gasteiger partial charge in [0.05, 0.1) is 6.04 Å². The molecule has 21 heavy (non-hydrogen) atoms. The van der Waals surface area contributed by atoms with Crippen molar-refractivity contribution in [1.29, 1.82) is 0 Å². The van der Waals surface area contributed by atoms with Gasteiger partial charge in [0, 0.05) is 19.6 Å². The molecule has 2 fully saturated rings. The molecule has 2 aliphatic heterocycles. The van der Waals surface area contributed by atoms with E-state index in [1.807, 2.05) is 0 Å². The van der Waals surface area contributed by atoms with Gasteiger partial charge in [-0.05, 0) is 57.0 Å². The van der Waals surface area contributed by atoms with Gasteiger partial charge in [0.1, 0.15) is 0 Å². The topological polar surface area (TPSA) is 44.4 Å². The molecule has 1 amide bonds. The molecule has 0 spiro atoms. The summed E-state index contributed by atoms with van der Waals surface area (Å²) in [5, 5.41) is 6.44. The van der Waals surface area contributed by atoms with E-state index in [0.29, 0.717) is 5.92 Å². The van der Waals surface area contributed by atoms with E-state index in [9.17, 15) is 4.79 Å². The van der Waals surface area contributed by atoms with Gasteiger partial charge in [-0.1, -0.05) is 20.3 Å². The van der Waals surface area contributed by atoms with Crippen molar-refractivity contribution in [2.24, 2.45) is 11.8 Å². The molecule has 2 rings (SSSR count). The molecule has 4 nitrogen and oxygen atoms in total. The second-order valence-electron chi connectivity index (χ2n) is 7.06. The molecule has 0 aliphatic carbocycles. The minimum Gasteiger partial charge on any atom is -0.354 e. The van der Waals surface area contributed by atoms with E-state index in [-0.39, 0.29) is 11.9 Å². The van der Waals surface area contributed by atoms with Crippen LogP contribution in [0.1, 0.15) is 52.4 Å². The van der Waals surface area contributed by atoms with Gasteiger partial charge in [-0.3, -0.25) is 4.79 Å². The number of carbonyl (C=O) groups is 1. The van der Waals surface area contributed by atoms with Gasteiger partial charge in [0.25, 0.3) is 0 Å². The summed E-state index contributed by atoms with van der Waals surface area (Å²) < 4.78 is 0. The number of hydrogen-bond acceptors (Lipinski definition) is 3. The maximum Gasteiger partial charge on any atom is 0.237 e. The van der Waals surface area contributed by atoms with Gasteiger partial charge in [-0.25, -0.2) is 0 Å². The number of carbonyl (C=O) groups excluding carboxylic acids is 1. The Morgan fingerprint density at radius 3 is 2.95 bits per heavy atom. The number of piperidine rings is 1. The lowest BCUT2D eigenvalue weighted by Crippen LogP contribution is -2.46. The monoisotopic (exact) mass is 295 g/mol. The molecule has 122 valence electrons. The predicted octanol–water partition coefficient (Wildman–Crippen LogP) is 2.00. The lowest BCUT2D eigenvalue weighted by Gasteiger charge is -2.34. The molecule has 2 heterocycles. The predicted molar refractivity (Wildman–Crippen MR) is 87.3 cm³/mol. The molecule has 3 atom stereocenters. The van der Waals surface area contributed by atoms with Gasteiger partial charge >= 0.3 is 0 Å². The zero-order valence-electron chi connectivity index (χ0n) is 13.9. The number of rotatable bonds is 7. The molecule has 2 N–H and O–H groups in total. The summed E-state index contributed by atoms with van der Waals surface area (Å²) in [7, 11) is 0. The van der Waals surface area contributed by atoms with Gasteiger partial charge in [-0.2, -0.15) is 0 Å². The highest BCUT2D eigenvalue weighted by atomic mass is 16.2. The number of nitrogens with zero attached hydrogens (tertiary/aromatic N) is 1. The Morgan fingerprint density at radius 2 is 2.24 bits per heavy atom. The lowest BCUT2D eigenvalue weighted by molar-refractivity contribution is -0.123. The SMILES string of the molecule is CCCC(C)CN1CCCC(CNC(=O)C2CCCN2)C1. The minimum atomic E-state index is 0.0641. The summed E-state index contributed by atoms with van der Waals surface area (Å²) in [4.78, 5) is 14.7. The molecule has 0 aromatic carbocycles. The molecule has 0 bridgehead atoms. The molecule has 3 unspecified atom stereocenters. The quantitative estimate of drug-likeness (QED) is 0.755. The standard InChI is InChI=1S/C17H33N3O/c1-3-6-14(2)12-20-10-5-7-15(13-20)11-19-17(21)16-8-4-9-18-16/h14-16,18H,3-13H2,1-2H3,(H,19,21). The summed E-state index contributed by atoms with van der Waals surface area (Å²) in [5.41, 5.74) is 0. The third kappa shape index (κ3) is 5.59. The fourth-order valence-corrected chi connectivity index (χ4v) is 3.79. The van der Waals surface area contributed by atoms with Crippen LogP contribution in [0.2, 0.25) is 0 Å². The summed E-state index contributed by atoms with van der Waals surface area (Å²) >= 11 is 0. The van der Waals surface area contributed by atoms with Crippen molar-refractivity contribution < 1.29 is 4.79 Å². The fourth-order valence-electron chi connectivity index (χ4n) is 3.79. The Morgan fingerprint density at radius 1 is 1.38 bits per heavy atom. The normalized spacial score (nSPS) is 28.5. The number of hydrogen-bond donors (Lipinski definition) is 2. The van der Waals surface area contributed by atoms with Crippen LogP contribution >= 0.6 is 0 Å². The highest BCUT2D eigenvalue weighted by molar-refractivity contribution is 5.81. The van der Waals surface area contributed by atoms with Crippen LogP contribution in [0.4, 0.5) is 0 Å². The average molecular weight is 295 g/mol. The van der Waals surface area contributed by atoms with Gasteiger partial charge in [0.15, 0.2) is 0 Å². The largest absolute Gasteiger partial charge is 0.354 e. The van der Waals surface area contributed by atoms with Crippen LogP contribution in [0, 0.1) is 11.8 Å². The van der Waals surface area contributed by atoms with E-state index < -0.39 is 0 Å². The van der Waals surface area contributed by atoms with Crippen LogP contribution in [0.15, 0.2) is 0 Å². The van der Waals surface area contributed by atoms with E-state index in [1.54, 1.807) is 0 Å². The average Bonchev–Trinajstić information content (AvgIpc) is 2.99. The van der Waals surface area contributed by atoms with Crippen LogP contribution in [0.5, 0.6) is 0 Å². The van der Waals surface area contributed by atoms with E-state index in [4.69, 9.17) is 0 Å². The first-order valence-electron chi connectivity index (χ1n) is 8.92. The molecule has 0 aromatic rings. The van der Waals surface area contributed by atoms with Crippen LogP contribution in [0.3, 0.4) is 0 Å². The third-order valence-electron chi connectivity index (χ3n) is 4.90. The van der Waals surface area contributed by atoms with E-state index >= 15 is 0 Å². The fraction of sp³-hybridized carbons (Fsp3) is 0.941. The van der Waals surface area contributed by atoms with E-state index in [1.165, 1.54) is 38.8 Å². The molecule has 4 heteroatoms. The minimum absolute atomic E-state index is 0.0641. The second-order valence-corrected chi connectivity index (χ2v) is 7.06. The smallest absolute Gasteiger partial charge is 0.237 e. The number of nitrogens with one attached hydrogen (secondary N) is 2. The second kappa shape index (κ2) is 8.74. The molecular weight excluding hydrogens is 262 g/mol. The highest BCUT2D eigenvalue weighted by Crippen LogP contribution is 2.18. The number of likely N-dealkylation sites (tertiary alicyclic amines) is 1. The first-order valence-corrected chi connectivity index (χ1v) is 8.92. The molecule has 2 aliphatic rings. The Balaban J connectivity index is 1.67. The number of amides is 1. The third-order valence-corrected chi connectivity index (χ3v) is 4.90. The Bertz CT molecular complexity index is 315. The summed E-state index contributed by atoms with van der Waals surface area (Å²) in [5.74, 6) is 1.65.